The zero-order chi connectivity index (χ0) is 33.4. The van der Waals surface area contributed by atoms with Gasteiger partial charge in [0.1, 0.15) is 29.1 Å². The maximum absolute atomic E-state index is 16.7. The summed E-state index contributed by atoms with van der Waals surface area (Å²) in [4.78, 5) is 13.8. The van der Waals surface area contributed by atoms with E-state index in [0.717, 1.165) is 11.6 Å². The zero-order valence-electron chi connectivity index (χ0n) is 26.7. The number of fused-ring (bicyclic) bond motifs is 1. The van der Waals surface area contributed by atoms with Crippen molar-refractivity contribution in [3.63, 3.8) is 0 Å². The first kappa shape index (κ1) is 33.0. The number of pyridine rings is 1. The van der Waals surface area contributed by atoms with Gasteiger partial charge in [-0.2, -0.15) is 5.10 Å². The van der Waals surface area contributed by atoms with Crippen LogP contribution in [0, 0.1) is 17.0 Å². The van der Waals surface area contributed by atoms with Gasteiger partial charge >= 0.3 is 0 Å². The standard InChI is InChI=1S/C36H39F3N4O3/c1-7-22(37)13-12-21(2)18-28-30(34(45)40-5)32-31(39)23(14-17-43(32)42-28)26-19-24(29(46-6)20-35(26,3)4)33(44)41-36(15-16-36)25-10-8-9-11-27(25)38/h7-14,17,19,34,40,45H,1,15-16,18,20H2,2-6H3,(H,41,44). The summed E-state index contributed by atoms with van der Waals surface area (Å²) in [6.07, 6.45) is 7.69. The molecule has 0 bridgehead atoms. The zero-order valence-corrected chi connectivity index (χ0v) is 26.7. The molecule has 1 saturated carbocycles. The Bertz CT molecular complexity index is 1830. The van der Waals surface area contributed by atoms with Crippen molar-refractivity contribution in [3.05, 3.63) is 124 Å². The van der Waals surface area contributed by atoms with Crippen LogP contribution in [0.15, 0.2) is 90.1 Å². The minimum atomic E-state index is -1.24. The predicted octanol–water partition coefficient (Wildman–Crippen LogP) is 6.87. The second-order valence-electron chi connectivity index (χ2n) is 12.5. The highest BCUT2D eigenvalue weighted by atomic mass is 19.1. The van der Waals surface area contributed by atoms with Gasteiger partial charge in [0, 0.05) is 35.7 Å². The van der Waals surface area contributed by atoms with Crippen molar-refractivity contribution in [1.29, 1.82) is 0 Å². The summed E-state index contributed by atoms with van der Waals surface area (Å²) >= 11 is 0. The van der Waals surface area contributed by atoms with Crippen LogP contribution < -0.4 is 10.6 Å². The third-order valence-corrected chi connectivity index (χ3v) is 8.76. The molecule has 5 rings (SSSR count). The molecule has 46 heavy (non-hydrogen) atoms. The first-order chi connectivity index (χ1) is 21.9. The van der Waals surface area contributed by atoms with Gasteiger partial charge in [-0.15, -0.1) is 0 Å². The number of carbonyl (C=O) groups excluding carboxylic acids is 1. The van der Waals surface area contributed by atoms with E-state index >= 15 is 4.39 Å². The lowest BCUT2D eigenvalue weighted by Gasteiger charge is -2.34. The van der Waals surface area contributed by atoms with Crippen LogP contribution in [0.5, 0.6) is 0 Å². The van der Waals surface area contributed by atoms with Crippen molar-refractivity contribution >= 4 is 17.0 Å². The number of benzene rings is 1. The Morgan fingerprint density at radius 2 is 1.93 bits per heavy atom. The number of halogens is 3. The molecule has 3 aromatic rings. The van der Waals surface area contributed by atoms with E-state index in [4.69, 9.17) is 4.74 Å². The third-order valence-electron chi connectivity index (χ3n) is 8.76. The number of hydrogen-bond acceptors (Lipinski definition) is 5. The van der Waals surface area contributed by atoms with Crippen LogP contribution >= 0.6 is 0 Å². The second kappa shape index (κ2) is 12.8. The van der Waals surface area contributed by atoms with Crippen molar-refractivity contribution in [2.75, 3.05) is 14.2 Å². The van der Waals surface area contributed by atoms with Crippen LogP contribution in [0.1, 0.15) is 68.6 Å². The van der Waals surface area contributed by atoms with E-state index in [1.165, 1.54) is 23.8 Å². The largest absolute Gasteiger partial charge is 0.500 e. The van der Waals surface area contributed by atoms with Crippen molar-refractivity contribution in [1.82, 2.24) is 20.2 Å². The van der Waals surface area contributed by atoms with Crippen LogP contribution in [-0.4, -0.2) is 34.8 Å². The average Bonchev–Trinajstić information content (AvgIpc) is 3.71. The van der Waals surface area contributed by atoms with Crippen molar-refractivity contribution in [2.45, 2.75) is 58.2 Å². The van der Waals surface area contributed by atoms with Crippen LogP contribution in [0.25, 0.3) is 11.1 Å². The molecular weight excluding hydrogens is 593 g/mol. The third kappa shape index (κ3) is 6.19. The Labute approximate surface area is 266 Å². The van der Waals surface area contributed by atoms with Gasteiger partial charge in [0.25, 0.3) is 5.91 Å². The monoisotopic (exact) mass is 632 g/mol. The summed E-state index contributed by atoms with van der Waals surface area (Å²) in [5, 5.41) is 21.3. The van der Waals surface area contributed by atoms with Gasteiger partial charge in [-0.1, -0.05) is 50.3 Å². The number of allylic oxidation sites excluding steroid dienone is 7. The molecule has 3 N–H and O–H groups in total. The predicted molar refractivity (Wildman–Crippen MR) is 172 cm³/mol. The van der Waals surface area contributed by atoms with E-state index in [-0.39, 0.29) is 34.5 Å². The van der Waals surface area contributed by atoms with E-state index in [2.05, 4.69) is 22.3 Å². The number of rotatable bonds is 11. The molecule has 2 heterocycles. The first-order valence-corrected chi connectivity index (χ1v) is 15.1. The summed E-state index contributed by atoms with van der Waals surface area (Å²) in [5.74, 6) is -1.49. The van der Waals surface area contributed by atoms with E-state index in [9.17, 15) is 18.7 Å². The summed E-state index contributed by atoms with van der Waals surface area (Å²) in [5.41, 5.74) is 1.49. The highest BCUT2D eigenvalue weighted by Crippen LogP contribution is 2.49. The lowest BCUT2D eigenvalue weighted by molar-refractivity contribution is -0.118. The molecule has 0 aliphatic heterocycles. The second-order valence-corrected chi connectivity index (χ2v) is 12.5. The summed E-state index contributed by atoms with van der Waals surface area (Å²) < 4.78 is 52.1. The maximum atomic E-state index is 16.7. The fourth-order valence-corrected chi connectivity index (χ4v) is 6.10. The van der Waals surface area contributed by atoms with Gasteiger partial charge in [-0.25, -0.2) is 17.7 Å². The van der Waals surface area contributed by atoms with Gasteiger partial charge in [0.2, 0.25) is 0 Å². The first-order valence-electron chi connectivity index (χ1n) is 15.1. The number of aromatic nitrogens is 2. The van der Waals surface area contributed by atoms with Crippen molar-refractivity contribution < 1.29 is 27.8 Å². The number of methoxy groups -OCH3 is 1. The molecule has 1 aromatic carbocycles. The number of hydrogen-bond donors (Lipinski definition) is 3. The summed E-state index contributed by atoms with van der Waals surface area (Å²) in [6.45, 7) is 9.06. The molecule has 1 atom stereocenters. The highest BCUT2D eigenvalue weighted by molar-refractivity contribution is 6.00. The van der Waals surface area contributed by atoms with Crippen LogP contribution in [0.3, 0.4) is 0 Å². The molecule has 0 spiro atoms. The number of carbonyl (C=O) groups is 1. The maximum Gasteiger partial charge on any atom is 0.255 e. The number of ether oxygens (including phenoxy) is 1. The number of nitrogens with one attached hydrogen (secondary N) is 2. The van der Waals surface area contributed by atoms with Gasteiger partial charge in [0.15, 0.2) is 5.82 Å². The molecule has 1 fully saturated rings. The Morgan fingerprint density at radius 3 is 2.57 bits per heavy atom. The fourth-order valence-electron chi connectivity index (χ4n) is 6.10. The number of nitrogens with zero attached hydrogens (tertiary/aromatic N) is 2. The molecule has 2 aliphatic carbocycles. The molecule has 0 radical (unpaired) electrons. The van der Waals surface area contributed by atoms with Gasteiger partial charge < -0.3 is 15.2 Å². The van der Waals surface area contributed by atoms with E-state index in [1.54, 1.807) is 56.6 Å². The molecule has 10 heteroatoms. The SMILES string of the molecule is C=CC(F)=CC=C(C)Cc1nn2ccc(C3=CC(C(=O)NC4(c5ccccc5F)CC4)=C(OC)CC3(C)C)c(F)c2c1C(O)NC. The lowest BCUT2D eigenvalue weighted by atomic mass is 9.72. The van der Waals surface area contributed by atoms with Crippen molar-refractivity contribution in [3.8, 4) is 0 Å². The van der Waals surface area contributed by atoms with Crippen molar-refractivity contribution in [2.24, 2.45) is 5.41 Å². The Kier molecular flexibility index (Phi) is 9.15. The molecule has 1 unspecified atom stereocenters. The number of aliphatic hydroxyl groups excluding tert-OH is 1. The smallest absolute Gasteiger partial charge is 0.255 e. The quantitative estimate of drug-likeness (QED) is 0.159. The number of aliphatic hydroxyl groups is 1. The van der Waals surface area contributed by atoms with Gasteiger partial charge in [-0.05, 0) is 68.2 Å². The molecule has 242 valence electrons. The molecule has 1 amide bonds. The van der Waals surface area contributed by atoms with Crippen LogP contribution in [0.2, 0.25) is 0 Å². The Balaban J connectivity index is 1.58. The van der Waals surface area contributed by atoms with E-state index < -0.39 is 34.7 Å². The molecule has 2 aromatic heterocycles. The molecule has 0 saturated heterocycles. The molecule has 2 aliphatic rings. The normalized spacial score (nSPS) is 18.3. The van der Waals surface area contributed by atoms with Gasteiger partial charge in [0.05, 0.1) is 23.9 Å². The molecule has 7 nitrogen and oxygen atoms in total. The summed E-state index contributed by atoms with van der Waals surface area (Å²) in [7, 11) is 3.04. The minimum Gasteiger partial charge on any atom is -0.500 e. The minimum absolute atomic E-state index is 0.0793. The average molecular weight is 633 g/mol. The summed E-state index contributed by atoms with van der Waals surface area (Å²) in [6, 6.07) is 8.00. The molecular formula is C36H39F3N4O3. The van der Waals surface area contributed by atoms with E-state index in [0.29, 0.717) is 41.9 Å². The Hall–Kier alpha value is -4.41. The van der Waals surface area contributed by atoms with E-state index in [1.807, 2.05) is 13.8 Å². The van der Waals surface area contributed by atoms with Gasteiger partial charge in [-0.3, -0.25) is 10.1 Å². The van der Waals surface area contributed by atoms with Crippen LogP contribution in [0.4, 0.5) is 13.2 Å². The topological polar surface area (TPSA) is 87.9 Å². The lowest BCUT2D eigenvalue weighted by Crippen LogP contribution is -2.37. The number of amides is 1. The fraction of sp³-hybridized carbons (Fsp3) is 0.333. The van der Waals surface area contributed by atoms with Crippen LogP contribution in [-0.2, 0) is 21.5 Å². The Morgan fingerprint density at radius 1 is 1.22 bits per heavy atom. The highest BCUT2D eigenvalue weighted by Gasteiger charge is 2.48.